The predicted octanol–water partition coefficient (Wildman–Crippen LogP) is 6.76. The van der Waals surface area contributed by atoms with Crippen LogP contribution in [-0.2, 0) is 11.2 Å². The topological polar surface area (TPSA) is 148 Å². The van der Waals surface area contributed by atoms with E-state index < -0.39 is 0 Å². The van der Waals surface area contributed by atoms with Crippen LogP contribution in [0.1, 0.15) is 71.5 Å². The summed E-state index contributed by atoms with van der Waals surface area (Å²) in [6.07, 6.45) is 1.76. The number of carbonyl (C=O) groups is 2. The first-order chi connectivity index (χ1) is 27.7. The van der Waals surface area contributed by atoms with Crippen molar-refractivity contribution >= 4 is 22.9 Å². The number of hydrogen-bond donors (Lipinski definition) is 2. The van der Waals surface area contributed by atoms with Crippen LogP contribution in [0.3, 0.4) is 0 Å². The quantitative estimate of drug-likeness (QED) is 0.100. The van der Waals surface area contributed by atoms with E-state index in [0.717, 1.165) is 87.6 Å². The molecule has 4 aromatic rings. The minimum atomic E-state index is -0.133. The van der Waals surface area contributed by atoms with Gasteiger partial charge in [0.2, 0.25) is 0 Å². The van der Waals surface area contributed by atoms with Gasteiger partial charge in [-0.2, -0.15) is 0 Å². The number of nitrogens with zero attached hydrogens (tertiary/aromatic N) is 2. The fourth-order valence-electron chi connectivity index (χ4n) is 7.82. The normalized spacial score (nSPS) is 14.0. The van der Waals surface area contributed by atoms with E-state index in [1.54, 1.807) is 19.2 Å². The van der Waals surface area contributed by atoms with Gasteiger partial charge in [0.15, 0.2) is 11.6 Å². The summed E-state index contributed by atoms with van der Waals surface area (Å²) in [5, 5.41) is 0. The highest BCUT2D eigenvalue weighted by Crippen LogP contribution is 2.52. The van der Waals surface area contributed by atoms with Gasteiger partial charge in [-0.05, 0) is 50.2 Å². The Labute approximate surface area is 335 Å². The van der Waals surface area contributed by atoms with E-state index in [1.165, 1.54) is 7.11 Å². The predicted molar refractivity (Wildman–Crippen MR) is 224 cm³/mol. The van der Waals surface area contributed by atoms with Gasteiger partial charge in [-0.15, -0.1) is 0 Å². The van der Waals surface area contributed by atoms with Gasteiger partial charge in [0.25, 0.3) is 0 Å². The van der Waals surface area contributed by atoms with Gasteiger partial charge in [-0.1, -0.05) is 51.5 Å². The van der Waals surface area contributed by atoms with Gasteiger partial charge in [0, 0.05) is 71.3 Å². The molecule has 12 nitrogen and oxygen atoms in total. The standard InChI is InChI=1S/C23H30N2O3.C22H26N2O5/c1-5-9-15-14-18(27-4)20-19-16(23(26)21(20)22(15)24)10-8-11-17(19)28-13-12-25(6-2)7-3;1-3-28-16-13-17(26-2)21(23)20-19(16)18-14(22(20)25)5-4-6-15(18)29-12-9-24-7-10-27-11-8-24/h8,10-11,14H,5-7,9,12-13,24H2,1-4H3;4-6,13H,3,7-12,23H2,1-2H3. The first-order valence-corrected chi connectivity index (χ1v) is 20.0. The highest BCUT2D eigenvalue weighted by molar-refractivity contribution is 6.27. The molecule has 1 heterocycles. The van der Waals surface area contributed by atoms with Crippen LogP contribution in [0.4, 0.5) is 11.4 Å². The molecule has 0 amide bonds. The molecule has 0 unspecified atom stereocenters. The maximum absolute atomic E-state index is 13.2. The third kappa shape index (κ3) is 8.25. The van der Waals surface area contributed by atoms with E-state index in [0.29, 0.717) is 87.8 Å². The summed E-state index contributed by atoms with van der Waals surface area (Å²) in [5.41, 5.74) is 19.7. The van der Waals surface area contributed by atoms with Crippen LogP contribution < -0.4 is 35.2 Å². The van der Waals surface area contributed by atoms with Crippen molar-refractivity contribution in [2.75, 3.05) is 98.0 Å². The minimum absolute atomic E-state index is 0.0482. The number of carbonyl (C=O) groups excluding carboxylic acids is 2. The molecule has 1 saturated heterocycles. The van der Waals surface area contributed by atoms with Crippen LogP contribution in [0.2, 0.25) is 0 Å². The molecule has 304 valence electrons. The Balaban J connectivity index is 0.000000193. The molecule has 1 fully saturated rings. The van der Waals surface area contributed by atoms with E-state index in [4.69, 9.17) is 39.9 Å². The Morgan fingerprint density at radius 2 is 1.25 bits per heavy atom. The summed E-state index contributed by atoms with van der Waals surface area (Å²) in [4.78, 5) is 30.9. The number of ether oxygens (including phenoxy) is 6. The van der Waals surface area contributed by atoms with E-state index in [1.807, 2.05) is 43.3 Å². The molecular weight excluding hydrogens is 725 g/mol. The molecule has 3 aliphatic rings. The van der Waals surface area contributed by atoms with Crippen molar-refractivity contribution in [1.82, 2.24) is 9.80 Å². The Morgan fingerprint density at radius 3 is 1.81 bits per heavy atom. The monoisotopic (exact) mass is 780 g/mol. The number of aryl methyl sites for hydroxylation is 1. The zero-order valence-corrected chi connectivity index (χ0v) is 34.1. The number of nitrogen functional groups attached to an aromatic ring is 2. The molecule has 0 aromatic heterocycles. The number of benzene rings is 4. The summed E-state index contributed by atoms with van der Waals surface area (Å²) in [6.45, 7) is 16.7. The van der Waals surface area contributed by atoms with Crippen molar-refractivity contribution in [3.63, 3.8) is 0 Å². The fourth-order valence-corrected chi connectivity index (χ4v) is 7.82. The van der Waals surface area contributed by atoms with Crippen molar-refractivity contribution in [3.8, 4) is 51.0 Å². The van der Waals surface area contributed by atoms with Gasteiger partial charge < -0.3 is 44.8 Å². The zero-order valence-electron chi connectivity index (χ0n) is 34.1. The second kappa shape index (κ2) is 18.8. The molecule has 2 aliphatic carbocycles. The lowest BCUT2D eigenvalue weighted by Gasteiger charge is -2.26. The second-order valence-electron chi connectivity index (χ2n) is 14.0. The molecule has 0 bridgehead atoms. The number of nitrogens with two attached hydrogens (primary N) is 2. The van der Waals surface area contributed by atoms with Crippen molar-refractivity contribution in [1.29, 1.82) is 0 Å². The van der Waals surface area contributed by atoms with Crippen LogP contribution >= 0.6 is 0 Å². The summed E-state index contributed by atoms with van der Waals surface area (Å²) in [6, 6.07) is 14.8. The van der Waals surface area contributed by atoms with E-state index in [-0.39, 0.29) is 11.6 Å². The number of methoxy groups -OCH3 is 2. The number of morpholine rings is 1. The van der Waals surface area contributed by atoms with E-state index in [9.17, 15) is 9.59 Å². The van der Waals surface area contributed by atoms with E-state index >= 15 is 0 Å². The molecule has 0 radical (unpaired) electrons. The number of rotatable bonds is 16. The Kier molecular flexibility index (Phi) is 13.6. The zero-order chi connectivity index (χ0) is 40.6. The Hall–Kier alpha value is -5.30. The van der Waals surface area contributed by atoms with Crippen LogP contribution in [0, 0.1) is 0 Å². The minimum Gasteiger partial charge on any atom is -0.496 e. The number of fused-ring (bicyclic) bond motifs is 6. The molecule has 0 saturated carbocycles. The lowest BCUT2D eigenvalue weighted by Crippen LogP contribution is -2.38. The van der Waals surface area contributed by atoms with Crippen LogP contribution in [-0.4, -0.2) is 108 Å². The van der Waals surface area contributed by atoms with Crippen LogP contribution in [0.15, 0.2) is 48.5 Å². The lowest BCUT2D eigenvalue weighted by molar-refractivity contribution is 0.0323. The lowest BCUT2D eigenvalue weighted by atomic mass is 9.97. The molecule has 1 aliphatic heterocycles. The number of ketones is 2. The molecule has 57 heavy (non-hydrogen) atoms. The SMILES string of the molecule is CCCc1cc(OC)c2c(c1N)C(=O)c1cccc(OCCN(CC)CC)c1-2.CCOc1cc(OC)c(N)c2c1-c1c(OCCN3CCOCC3)cccc1C2=O. The van der Waals surface area contributed by atoms with Crippen molar-refractivity contribution in [3.05, 3.63) is 76.3 Å². The molecule has 4 aromatic carbocycles. The average molecular weight is 781 g/mol. The molecule has 0 spiro atoms. The highest BCUT2D eigenvalue weighted by atomic mass is 16.5. The maximum atomic E-state index is 13.2. The second-order valence-corrected chi connectivity index (χ2v) is 14.0. The first kappa shape index (κ1) is 41.3. The smallest absolute Gasteiger partial charge is 0.196 e. The molecular formula is C45H56N4O8. The van der Waals surface area contributed by atoms with Gasteiger partial charge in [-0.3, -0.25) is 14.5 Å². The number of hydrogen-bond acceptors (Lipinski definition) is 12. The van der Waals surface area contributed by atoms with Gasteiger partial charge >= 0.3 is 0 Å². The van der Waals surface area contributed by atoms with Crippen molar-refractivity contribution < 1.29 is 38.0 Å². The highest BCUT2D eigenvalue weighted by Gasteiger charge is 2.37. The summed E-state index contributed by atoms with van der Waals surface area (Å²) in [5.74, 6) is 2.87. The van der Waals surface area contributed by atoms with Gasteiger partial charge in [0.05, 0.1) is 50.9 Å². The molecule has 7 rings (SSSR count). The first-order valence-electron chi connectivity index (χ1n) is 20.0. The van der Waals surface area contributed by atoms with Crippen LogP contribution in [0.5, 0.6) is 28.7 Å². The summed E-state index contributed by atoms with van der Waals surface area (Å²) >= 11 is 0. The Morgan fingerprint density at radius 1 is 0.667 bits per heavy atom. The summed E-state index contributed by atoms with van der Waals surface area (Å²) < 4.78 is 34.5. The van der Waals surface area contributed by atoms with Crippen molar-refractivity contribution in [2.24, 2.45) is 0 Å². The Bertz CT molecular complexity index is 2090. The van der Waals surface area contributed by atoms with E-state index in [2.05, 4.69) is 30.6 Å². The number of anilines is 2. The third-order valence-electron chi connectivity index (χ3n) is 10.8. The molecule has 12 heteroatoms. The molecule has 4 N–H and O–H groups in total. The molecule has 0 atom stereocenters. The van der Waals surface area contributed by atoms with Gasteiger partial charge in [-0.25, -0.2) is 0 Å². The van der Waals surface area contributed by atoms with Gasteiger partial charge in [0.1, 0.15) is 42.0 Å². The van der Waals surface area contributed by atoms with Crippen molar-refractivity contribution in [2.45, 2.75) is 40.5 Å². The number of likely N-dealkylation sites (N-methyl/N-ethyl adjacent to an activating group) is 1. The third-order valence-corrected chi connectivity index (χ3v) is 10.8. The largest absolute Gasteiger partial charge is 0.496 e. The summed E-state index contributed by atoms with van der Waals surface area (Å²) in [7, 11) is 3.16. The average Bonchev–Trinajstić information content (AvgIpc) is 3.71. The van der Waals surface area contributed by atoms with Crippen LogP contribution in [0.25, 0.3) is 22.3 Å². The maximum Gasteiger partial charge on any atom is 0.196 e. The fraction of sp³-hybridized carbons (Fsp3) is 0.422.